The van der Waals surface area contributed by atoms with Crippen LogP contribution in [-0.4, -0.2) is 28.3 Å². The van der Waals surface area contributed by atoms with Gasteiger partial charge in [0.25, 0.3) is 0 Å². The van der Waals surface area contributed by atoms with E-state index in [1.807, 2.05) is 0 Å². The maximum atomic E-state index is 11.3. The van der Waals surface area contributed by atoms with Crippen LogP contribution in [-0.2, 0) is 9.73 Å². The predicted octanol–water partition coefficient (Wildman–Crippen LogP) is 1.05. The normalized spacial score (nSPS) is 36.1. The summed E-state index contributed by atoms with van der Waals surface area (Å²) in [6.45, 7) is 5.28. The van der Waals surface area contributed by atoms with Crippen LogP contribution in [0.25, 0.3) is 0 Å². The Bertz CT molecular complexity index is 233. The lowest BCUT2D eigenvalue weighted by Crippen LogP contribution is -2.32. The summed E-state index contributed by atoms with van der Waals surface area (Å²) in [6, 6.07) is 0.331. The van der Waals surface area contributed by atoms with E-state index < -0.39 is 9.73 Å². The molecule has 72 valence electrons. The molecule has 4 heteroatoms. The molecule has 2 unspecified atom stereocenters. The van der Waals surface area contributed by atoms with Gasteiger partial charge in [0.15, 0.2) is 0 Å². The van der Waals surface area contributed by atoms with Gasteiger partial charge in [-0.25, -0.2) is 4.21 Å². The van der Waals surface area contributed by atoms with Crippen molar-refractivity contribution in [3.8, 4) is 0 Å². The fourth-order valence-corrected chi connectivity index (χ4v) is 3.15. The number of nitrogens with one attached hydrogen (secondary N) is 2. The van der Waals surface area contributed by atoms with Gasteiger partial charge in [0, 0.05) is 27.3 Å². The summed E-state index contributed by atoms with van der Waals surface area (Å²) in [7, 11) is -2.21. The molecule has 12 heavy (non-hydrogen) atoms. The van der Waals surface area contributed by atoms with Crippen LogP contribution in [0.15, 0.2) is 0 Å². The molecule has 1 aliphatic heterocycles. The summed E-state index contributed by atoms with van der Waals surface area (Å²) < 4.78 is 18.7. The van der Waals surface area contributed by atoms with Crippen molar-refractivity contribution in [3.05, 3.63) is 0 Å². The van der Waals surface area contributed by atoms with Crippen molar-refractivity contribution in [1.82, 2.24) is 5.32 Å². The molecule has 2 atom stereocenters. The lowest BCUT2D eigenvalue weighted by Gasteiger charge is -2.12. The summed E-state index contributed by atoms with van der Waals surface area (Å²) in [5.41, 5.74) is 0. The Morgan fingerprint density at radius 3 is 2.75 bits per heavy atom. The van der Waals surface area contributed by atoms with E-state index in [0.717, 1.165) is 13.0 Å². The topological polar surface area (TPSA) is 53.0 Å². The Morgan fingerprint density at radius 1 is 1.67 bits per heavy atom. The minimum atomic E-state index is -2.21. The molecule has 1 aliphatic rings. The fourth-order valence-electron chi connectivity index (χ4n) is 1.39. The average molecular weight is 190 g/mol. The molecule has 0 amide bonds. The SMILES string of the molecule is CC(C)CNC1CCS(=N)(=O)C1. The first-order chi connectivity index (χ1) is 5.49. The van der Waals surface area contributed by atoms with Crippen LogP contribution in [0.4, 0.5) is 0 Å². The molecule has 1 heterocycles. The van der Waals surface area contributed by atoms with Gasteiger partial charge in [-0.2, -0.15) is 0 Å². The first-order valence-corrected chi connectivity index (χ1v) is 6.37. The third kappa shape index (κ3) is 3.11. The number of hydrogen-bond acceptors (Lipinski definition) is 3. The van der Waals surface area contributed by atoms with Gasteiger partial charge in [-0.15, -0.1) is 0 Å². The van der Waals surface area contributed by atoms with Crippen molar-refractivity contribution in [3.63, 3.8) is 0 Å². The first kappa shape index (κ1) is 9.99. The van der Waals surface area contributed by atoms with E-state index >= 15 is 0 Å². The van der Waals surface area contributed by atoms with Gasteiger partial charge in [0.05, 0.1) is 0 Å². The van der Waals surface area contributed by atoms with E-state index in [4.69, 9.17) is 4.78 Å². The average Bonchev–Trinajstić information content (AvgIpc) is 2.26. The van der Waals surface area contributed by atoms with Gasteiger partial charge in [-0.3, -0.25) is 4.78 Å². The van der Waals surface area contributed by atoms with Crippen molar-refractivity contribution in [1.29, 1.82) is 4.78 Å². The molecule has 2 N–H and O–H groups in total. The quantitative estimate of drug-likeness (QED) is 0.699. The molecule has 0 spiro atoms. The molecule has 0 aromatic rings. The Hall–Kier alpha value is -0.0900. The maximum Gasteiger partial charge on any atom is 0.0469 e. The Balaban J connectivity index is 2.29. The van der Waals surface area contributed by atoms with E-state index in [9.17, 15) is 4.21 Å². The molecular weight excluding hydrogens is 172 g/mol. The molecule has 0 aromatic heterocycles. The van der Waals surface area contributed by atoms with Gasteiger partial charge < -0.3 is 5.32 Å². The fraction of sp³-hybridized carbons (Fsp3) is 1.00. The van der Waals surface area contributed by atoms with Crippen LogP contribution in [0.5, 0.6) is 0 Å². The highest BCUT2D eigenvalue weighted by molar-refractivity contribution is 7.92. The lowest BCUT2D eigenvalue weighted by atomic mass is 10.2. The minimum Gasteiger partial charge on any atom is -0.313 e. The second-order valence-electron chi connectivity index (χ2n) is 3.97. The summed E-state index contributed by atoms with van der Waals surface area (Å²) in [6.07, 6.45) is 0.912. The van der Waals surface area contributed by atoms with Crippen molar-refractivity contribution in [2.24, 2.45) is 5.92 Å². The van der Waals surface area contributed by atoms with Gasteiger partial charge in [0.1, 0.15) is 0 Å². The van der Waals surface area contributed by atoms with Crippen molar-refractivity contribution in [2.75, 3.05) is 18.1 Å². The summed E-state index contributed by atoms with van der Waals surface area (Å²) in [5.74, 6) is 1.77. The highest BCUT2D eigenvalue weighted by Gasteiger charge is 2.24. The van der Waals surface area contributed by atoms with Crippen molar-refractivity contribution < 1.29 is 4.21 Å². The van der Waals surface area contributed by atoms with E-state index in [1.54, 1.807) is 0 Å². The van der Waals surface area contributed by atoms with Gasteiger partial charge in [-0.1, -0.05) is 13.8 Å². The number of hydrogen-bond donors (Lipinski definition) is 2. The summed E-state index contributed by atoms with van der Waals surface area (Å²) in [4.78, 5) is 0. The number of rotatable bonds is 3. The molecule has 0 radical (unpaired) electrons. The van der Waals surface area contributed by atoms with Gasteiger partial charge in [0.2, 0.25) is 0 Å². The third-order valence-electron chi connectivity index (χ3n) is 2.08. The third-order valence-corrected chi connectivity index (χ3v) is 3.92. The monoisotopic (exact) mass is 190 g/mol. The van der Waals surface area contributed by atoms with E-state index in [0.29, 0.717) is 23.5 Å². The summed E-state index contributed by atoms with van der Waals surface area (Å²) >= 11 is 0. The second-order valence-corrected chi connectivity index (χ2v) is 6.34. The molecule has 0 aliphatic carbocycles. The molecule has 1 saturated heterocycles. The van der Waals surface area contributed by atoms with Crippen LogP contribution in [0.1, 0.15) is 20.3 Å². The standard InChI is InChI=1S/C8H18N2OS/c1-7(2)5-10-8-3-4-12(9,11)6-8/h7-10H,3-6H2,1-2H3. The van der Waals surface area contributed by atoms with E-state index in [-0.39, 0.29) is 0 Å². The smallest absolute Gasteiger partial charge is 0.0469 e. The lowest BCUT2D eigenvalue weighted by molar-refractivity contribution is 0.489. The molecule has 3 nitrogen and oxygen atoms in total. The molecule has 0 saturated carbocycles. The Labute approximate surface area is 74.9 Å². The zero-order valence-corrected chi connectivity index (χ0v) is 8.62. The van der Waals surface area contributed by atoms with Crippen molar-refractivity contribution in [2.45, 2.75) is 26.3 Å². The van der Waals surface area contributed by atoms with Crippen LogP contribution in [0.3, 0.4) is 0 Å². The maximum absolute atomic E-state index is 11.3. The molecule has 1 fully saturated rings. The molecule has 0 bridgehead atoms. The molecular formula is C8H18N2OS. The highest BCUT2D eigenvalue weighted by Crippen LogP contribution is 2.12. The zero-order valence-electron chi connectivity index (χ0n) is 7.80. The molecule has 1 rings (SSSR count). The Kier molecular flexibility index (Phi) is 3.12. The summed E-state index contributed by atoms with van der Waals surface area (Å²) in [5, 5.41) is 3.34. The van der Waals surface area contributed by atoms with E-state index in [2.05, 4.69) is 19.2 Å². The highest BCUT2D eigenvalue weighted by atomic mass is 32.2. The van der Waals surface area contributed by atoms with Crippen LogP contribution < -0.4 is 5.32 Å². The van der Waals surface area contributed by atoms with Crippen LogP contribution in [0, 0.1) is 10.7 Å². The first-order valence-electron chi connectivity index (χ1n) is 4.47. The second kappa shape index (κ2) is 3.75. The Morgan fingerprint density at radius 2 is 2.33 bits per heavy atom. The van der Waals surface area contributed by atoms with Crippen molar-refractivity contribution >= 4 is 9.73 Å². The van der Waals surface area contributed by atoms with Gasteiger partial charge >= 0.3 is 0 Å². The van der Waals surface area contributed by atoms with Gasteiger partial charge in [-0.05, 0) is 18.9 Å². The van der Waals surface area contributed by atoms with Crippen LogP contribution in [0.2, 0.25) is 0 Å². The zero-order chi connectivity index (χ0) is 9.19. The van der Waals surface area contributed by atoms with E-state index in [1.165, 1.54) is 0 Å². The van der Waals surface area contributed by atoms with Crippen LogP contribution >= 0.6 is 0 Å². The predicted molar refractivity (Wildman–Crippen MR) is 51.8 cm³/mol. The minimum absolute atomic E-state index is 0.331. The largest absolute Gasteiger partial charge is 0.313 e. The molecule has 0 aromatic carbocycles.